The number of aryl methyl sites for hydroxylation is 1. The van der Waals surface area contributed by atoms with Crippen molar-refractivity contribution in [2.45, 2.75) is 6.92 Å². The Morgan fingerprint density at radius 3 is 2.70 bits per heavy atom. The number of pyridine rings is 1. The van der Waals surface area contributed by atoms with Gasteiger partial charge in [-0.2, -0.15) is 0 Å². The van der Waals surface area contributed by atoms with Gasteiger partial charge in [-0.3, -0.25) is 4.98 Å². The summed E-state index contributed by atoms with van der Waals surface area (Å²) in [7, 11) is 0. The first-order valence-electron chi connectivity index (χ1n) is 6.09. The number of nitrogens with zero attached hydrogens (tertiary/aromatic N) is 2. The highest BCUT2D eigenvalue weighted by Crippen LogP contribution is 2.38. The number of hydrogen-bond acceptors (Lipinski definition) is 4. The maximum absolute atomic E-state index is 13.9. The molecule has 20 heavy (non-hydrogen) atoms. The molecule has 0 saturated carbocycles. The molecule has 1 aromatic carbocycles. The molecule has 0 atom stereocenters. The molecule has 0 saturated heterocycles. The summed E-state index contributed by atoms with van der Waals surface area (Å²) in [6, 6.07) is 9.21. The molecular formula is C15H12FN3O. The van der Waals surface area contributed by atoms with Crippen LogP contribution in [0.3, 0.4) is 0 Å². The van der Waals surface area contributed by atoms with E-state index in [-0.39, 0.29) is 5.82 Å². The van der Waals surface area contributed by atoms with Crippen LogP contribution in [0.25, 0.3) is 22.5 Å². The van der Waals surface area contributed by atoms with Gasteiger partial charge in [-0.1, -0.05) is 29.4 Å². The summed E-state index contributed by atoms with van der Waals surface area (Å²) in [4.78, 5) is 3.73. The molecule has 0 radical (unpaired) electrons. The zero-order chi connectivity index (χ0) is 14.1. The third kappa shape index (κ3) is 1.93. The second-order valence-electron chi connectivity index (χ2n) is 4.44. The van der Waals surface area contributed by atoms with Crippen LogP contribution in [-0.2, 0) is 0 Å². The van der Waals surface area contributed by atoms with Crippen molar-refractivity contribution >= 4 is 5.82 Å². The third-order valence-electron chi connectivity index (χ3n) is 3.15. The van der Waals surface area contributed by atoms with E-state index in [4.69, 9.17) is 10.3 Å². The van der Waals surface area contributed by atoms with E-state index in [1.807, 2.05) is 31.2 Å². The molecule has 0 fully saturated rings. The van der Waals surface area contributed by atoms with Crippen LogP contribution in [0.4, 0.5) is 10.2 Å². The standard InChI is InChI=1S/C15H12FN3O/c1-9-4-2-3-5-10(9)13-14(20-19-15(13)17)11-6-7-18-8-12(11)16/h2-8H,1H3,(H2,17,19). The molecule has 2 N–H and O–H groups in total. The molecule has 0 spiro atoms. The van der Waals surface area contributed by atoms with Crippen LogP contribution in [0.1, 0.15) is 5.56 Å². The number of benzene rings is 1. The number of nitrogens with two attached hydrogens (primary N) is 1. The molecule has 0 aliphatic heterocycles. The van der Waals surface area contributed by atoms with E-state index in [0.717, 1.165) is 17.3 Å². The van der Waals surface area contributed by atoms with Gasteiger partial charge in [-0.05, 0) is 24.1 Å². The smallest absolute Gasteiger partial charge is 0.179 e. The molecular weight excluding hydrogens is 257 g/mol. The Bertz CT molecular complexity index is 767. The maximum atomic E-state index is 13.9. The topological polar surface area (TPSA) is 64.9 Å². The van der Waals surface area contributed by atoms with Crippen molar-refractivity contribution in [3.05, 3.63) is 54.1 Å². The van der Waals surface area contributed by atoms with Crippen molar-refractivity contribution in [2.24, 2.45) is 0 Å². The SMILES string of the molecule is Cc1ccccc1-c1c(N)noc1-c1ccncc1F. The Balaban J connectivity index is 2.26. The summed E-state index contributed by atoms with van der Waals surface area (Å²) < 4.78 is 19.1. The number of aromatic nitrogens is 2. The number of rotatable bonds is 2. The van der Waals surface area contributed by atoms with Gasteiger partial charge in [0.2, 0.25) is 0 Å². The number of halogens is 1. The first kappa shape index (κ1) is 12.3. The molecule has 5 heteroatoms. The van der Waals surface area contributed by atoms with Crippen molar-refractivity contribution in [2.75, 3.05) is 5.73 Å². The molecule has 2 heterocycles. The fourth-order valence-electron chi connectivity index (χ4n) is 2.16. The lowest BCUT2D eigenvalue weighted by molar-refractivity contribution is 0.433. The first-order valence-corrected chi connectivity index (χ1v) is 6.09. The van der Waals surface area contributed by atoms with Gasteiger partial charge >= 0.3 is 0 Å². The van der Waals surface area contributed by atoms with Crippen LogP contribution in [0.5, 0.6) is 0 Å². The summed E-state index contributed by atoms with van der Waals surface area (Å²) >= 11 is 0. The van der Waals surface area contributed by atoms with Gasteiger partial charge in [0, 0.05) is 6.20 Å². The highest BCUT2D eigenvalue weighted by molar-refractivity contribution is 5.87. The number of hydrogen-bond donors (Lipinski definition) is 1. The van der Waals surface area contributed by atoms with Crippen LogP contribution < -0.4 is 5.73 Å². The Morgan fingerprint density at radius 2 is 1.95 bits per heavy atom. The lowest BCUT2D eigenvalue weighted by Crippen LogP contribution is -1.92. The van der Waals surface area contributed by atoms with Crippen LogP contribution in [0.2, 0.25) is 0 Å². The summed E-state index contributed by atoms with van der Waals surface area (Å²) in [5.41, 5.74) is 8.67. The molecule has 3 rings (SSSR count). The van der Waals surface area contributed by atoms with Crippen molar-refractivity contribution in [3.63, 3.8) is 0 Å². The second-order valence-corrected chi connectivity index (χ2v) is 4.44. The Morgan fingerprint density at radius 1 is 1.15 bits per heavy atom. The summed E-state index contributed by atoms with van der Waals surface area (Å²) in [6.07, 6.45) is 2.63. The predicted octanol–water partition coefficient (Wildman–Crippen LogP) is 3.43. The average Bonchev–Trinajstić information content (AvgIpc) is 2.82. The van der Waals surface area contributed by atoms with E-state index < -0.39 is 5.82 Å². The number of anilines is 1. The van der Waals surface area contributed by atoms with Crippen molar-refractivity contribution < 1.29 is 8.91 Å². The number of nitrogen functional groups attached to an aromatic ring is 1. The monoisotopic (exact) mass is 269 g/mol. The molecule has 3 aromatic rings. The van der Waals surface area contributed by atoms with Gasteiger partial charge in [0.25, 0.3) is 0 Å². The van der Waals surface area contributed by atoms with Gasteiger partial charge < -0.3 is 10.3 Å². The van der Waals surface area contributed by atoms with Gasteiger partial charge in [-0.15, -0.1) is 0 Å². The van der Waals surface area contributed by atoms with E-state index in [9.17, 15) is 4.39 Å². The lowest BCUT2D eigenvalue weighted by atomic mass is 9.98. The van der Waals surface area contributed by atoms with Crippen molar-refractivity contribution in [1.29, 1.82) is 0 Å². The highest BCUT2D eigenvalue weighted by Gasteiger charge is 2.21. The first-order chi connectivity index (χ1) is 9.68. The third-order valence-corrected chi connectivity index (χ3v) is 3.15. The minimum atomic E-state index is -0.474. The lowest BCUT2D eigenvalue weighted by Gasteiger charge is -2.06. The summed E-state index contributed by atoms with van der Waals surface area (Å²) in [6.45, 7) is 1.95. The second kappa shape index (κ2) is 4.77. The predicted molar refractivity (Wildman–Crippen MR) is 74.3 cm³/mol. The summed E-state index contributed by atoms with van der Waals surface area (Å²) in [5.74, 6) is 0.0840. The minimum absolute atomic E-state index is 0.241. The molecule has 100 valence electrons. The average molecular weight is 269 g/mol. The largest absolute Gasteiger partial charge is 0.380 e. The van der Waals surface area contributed by atoms with Gasteiger partial charge in [-0.25, -0.2) is 4.39 Å². The Kier molecular flexibility index (Phi) is 2.95. The van der Waals surface area contributed by atoms with Crippen molar-refractivity contribution in [3.8, 4) is 22.5 Å². The zero-order valence-corrected chi connectivity index (χ0v) is 10.8. The quantitative estimate of drug-likeness (QED) is 0.774. The molecule has 0 amide bonds. The van der Waals surface area contributed by atoms with Gasteiger partial charge in [0.1, 0.15) is 0 Å². The van der Waals surface area contributed by atoms with E-state index in [1.165, 1.54) is 12.3 Å². The van der Waals surface area contributed by atoms with Crippen LogP contribution in [-0.4, -0.2) is 10.1 Å². The van der Waals surface area contributed by atoms with Gasteiger partial charge in [0.15, 0.2) is 17.4 Å². The molecule has 0 aliphatic carbocycles. The Labute approximate surface area is 115 Å². The normalized spacial score (nSPS) is 10.7. The molecule has 0 bridgehead atoms. The van der Waals surface area contributed by atoms with Gasteiger partial charge in [0.05, 0.1) is 17.3 Å². The van der Waals surface area contributed by atoms with Crippen LogP contribution in [0, 0.1) is 12.7 Å². The fourth-order valence-corrected chi connectivity index (χ4v) is 2.16. The molecule has 0 unspecified atom stereocenters. The molecule has 4 nitrogen and oxygen atoms in total. The van der Waals surface area contributed by atoms with Crippen molar-refractivity contribution in [1.82, 2.24) is 10.1 Å². The highest BCUT2D eigenvalue weighted by atomic mass is 19.1. The molecule has 2 aromatic heterocycles. The van der Waals surface area contributed by atoms with E-state index in [0.29, 0.717) is 16.9 Å². The Hall–Kier alpha value is -2.69. The van der Waals surface area contributed by atoms with E-state index in [1.54, 1.807) is 0 Å². The minimum Gasteiger partial charge on any atom is -0.380 e. The maximum Gasteiger partial charge on any atom is 0.179 e. The zero-order valence-electron chi connectivity index (χ0n) is 10.8. The van der Waals surface area contributed by atoms with E-state index in [2.05, 4.69) is 10.1 Å². The molecule has 0 aliphatic rings. The van der Waals surface area contributed by atoms with Crippen LogP contribution >= 0.6 is 0 Å². The summed E-state index contributed by atoms with van der Waals surface area (Å²) in [5, 5.41) is 3.77. The van der Waals surface area contributed by atoms with Crippen LogP contribution in [0.15, 0.2) is 47.2 Å². The van der Waals surface area contributed by atoms with E-state index >= 15 is 0 Å². The fraction of sp³-hybridized carbons (Fsp3) is 0.0667.